The number of ether oxygens (including phenoxy) is 1. The van der Waals surface area contributed by atoms with Crippen LogP contribution in [0.3, 0.4) is 0 Å². The van der Waals surface area contributed by atoms with Gasteiger partial charge in [-0.1, -0.05) is 15.9 Å². The van der Waals surface area contributed by atoms with Gasteiger partial charge in [-0.15, -0.1) is 0 Å². The van der Waals surface area contributed by atoms with Crippen LogP contribution in [0.25, 0.3) is 5.69 Å². The molecule has 23 heavy (non-hydrogen) atoms. The van der Waals surface area contributed by atoms with Gasteiger partial charge in [-0.25, -0.2) is 18.4 Å². The Labute approximate surface area is 136 Å². The number of halogens is 3. The van der Waals surface area contributed by atoms with Crippen molar-refractivity contribution < 1.29 is 18.3 Å². The van der Waals surface area contributed by atoms with Crippen LogP contribution in [0, 0.1) is 5.82 Å². The van der Waals surface area contributed by atoms with Crippen LogP contribution in [-0.2, 0) is 11.3 Å². The summed E-state index contributed by atoms with van der Waals surface area (Å²) in [6, 6.07) is 4.02. The number of rotatable bonds is 5. The van der Waals surface area contributed by atoms with E-state index in [0.29, 0.717) is 4.47 Å². The third-order valence-corrected chi connectivity index (χ3v) is 3.18. The quantitative estimate of drug-likeness (QED) is 0.828. The Kier molecular flexibility index (Phi) is 5.21. The van der Waals surface area contributed by atoms with Gasteiger partial charge in [-0.2, -0.15) is 9.36 Å². The molecule has 0 saturated heterocycles. The number of benzene rings is 1. The van der Waals surface area contributed by atoms with E-state index in [0.717, 1.165) is 15.4 Å². The van der Waals surface area contributed by atoms with Crippen LogP contribution in [0.2, 0.25) is 0 Å². The number of carbonyl (C=O) groups is 1. The number of nitrogens with two attached hydrogens (primary N) is 1. The minimum atomic E-state index is -1.09. The fourth-order valence-electron chi connectivity index (χ4n) is 1.65. The molecule has 0 radical (unpaired) electrons. The van der Waals surface area contributed by atoms with Crippen molar-refractivity contribution in [1.29, 1.82) is 0 Å². The maximum absolute atomic E-state index is 13.9. The van der Waals surface area contributed by atoms with Gasteiger partial charge in [0.25, 0.3) is 0 Å². The van der Waals surface area contributed by atoms with Gasteiger partial charge in [0, 0.05) is 10.0 Å². The summed E-state index contributed by atoms with van der Waals surface area (Å²) >= 11 is 3.09. The van der Waals surface area contributed by atoms with Gasteiger partial charge in [0.2, 0.25) is 0 Å². The topological polar surface area (TPSA) is 105 Å². The smallest absolute Gasteiger partial charge is 0.404 e. The van der Waals surface area contributed by atoms with Gasteiger partial charge in [-0.3, -0.25) is 0 Å². The lowest BCUT2D eigenvalue weighted by Crippen LogP contribution is -2.26. The van der Waals surface area contributed by atoms with Crippen LogP contribution in [-0.4, -0.2) is 32.5 Å². The highest BCUT2D eigenvalue weighted by Gasteiger charge is 2.14. The molecule has 1 heterocycles. The van der Waals surface area contributed by atoms with E-state index < -0.39 is 24.2 Å². The summed E-state index contributed by atoms with van der Waals surface area (Å²) in [5, 5.41) is 7.07. The van der Waals surface area contributed by atoms with E-state index in [2.05, 4.69) is 31.1 Å². The van der Waals surface area contributed by atoms with Crippen molar-refractivity contribution in [3.05, 3.63) is 50.9 Å². The molecule has 1 aromatic carbocycles. The molecule has 0 aliphatic heterocycles. The van der Waals surface area contributed by atoms with Crippen LogP contribution in [0.1, 0.15) is 0 Å². The van der Waals surface area contributed by atoms with E-state index in [-0.39, 0.29) is 24.1 Å². The van der Waals surface area contributed by atoms with Crippen molar-refractivity contribution in [1.82, 2.24) is 19.8 Å². The molecule has 0 fully saturated rings. The third-order valence-electron chi connectivity index (χ3n) is 2.68. The Morgan fingerprint density at radius 1 is 1.43 bits per heavy atom. The summed E-state index contributed by atoms with van der Waals surface area (Å²) in [7, 11) is 0. The molecular weight excluding hydrogens is 380 g/mol. The molecule has 0 aliphatic rings. The maximum atomic E-state index is 13.9. The van der Waals surface area contributed by atoms with Crippen molar-refractivity contribution in [2.24, 2.45) is 5.73 Å². The molecular formula is C12H10BrF2N5O3. The van der Waals surface area contributed by atoms with Crippen LogP contribution in [0.5, 0.6) is 0 Å². The summed E-state index contributed by atoms with van der Waals surface area (Å²) in [6.07, 6.45) is -0.925. The molecule has 8 nitrogen and oxygen atoms in total. The van der Waals surface area contributed by atoms with E-state index >= 15 is 0 Å². The zero-order valence-corrected chi connectivity index (χ0v) is 13.0. The Balaban J connectivity index is 2.25. The Morgan fingerprint density at radius 2 is 2.17 bits per heavy atom. The standard InChI is InChI=1S/C12H10BrF2N5O3/c13-8-1-2-10(9(15)3-8)20-12(22)19(17-18-20)5-7(4-14)6-23-11(16)21/h1-4H,5-6H2,(H2,16,21). The molecule has 1 aromatic heterocycles. The normalized spacial score (nSPS) is 11.5. The molecule has 0 atom stereocenters. The molecule has 0 unspecified atom stereocenters. The summed E-state index contributed by atoms with van der Waals surface area (Å²) in [5.74, 6) is -0.688. The Hall–Kier alpha value is -2.56. The first-order valence-electron chi connectivity index (χ1n) is 6.11. The molecule has 0 bridgehead atoms. The number of carbonyl (C=O) groups excluding carboxylic acids is 1. The zero-order valence-electron chi connectivity index (χ0n) is 11.4. The van der Waals surface area contributed by atoms with E-state index in [1.54, 1.807) is 0 Å². The fourth-order valence-corrected chi connectivity index (χ4v) is 1.98. The largest absolute Gasteiger partial charge is 0.445 e. The van der Waals surface area contributed by atoms with Gasteiger partial charge < -0.3 is 10.5 Å². The molecule has 122 valence electrons. The minimum Gasteiger partial charge on any atom is -0.445 e. The molecule has 0 aliphatic carbocycles. The molecule has 2 aromatic rings. The summed E-state index contributed by atoms with van der Waals surface area (Å²) in [5.41, 5.74) is 3.80. The first-order chi connectivity index (χ1) is 10.9. The Morgan fingerprint density at radius 3 is 2.78 bits per heavy atom. The first-order valence-corrected chi connectivity index (χ1v) is 6.90. The fraction of sp³-hybridized carbons (Fsp3) is 0.167. The number of aromatic nitrogens is 4. The van der Waals surface area contributed by atoms with Crippen molar-refractivity contribution >= 4 is 22.0 Å². The highest BCUT2D eigenvalue weighted by atomic mass is 79.9. The van der Waals surface area contributed by atoms with Gasteiger partial charge in [0.05, 0.1) is 12.9 Å². The van der Waals surface area contributed by atoms with E-state index in [9.17, 15) is 18.4 Å². The highest BCUT2D eigenvalue weighted by molar-refractivity contribution is 9.10. The van der Waals surface area contributed by atoms with Gasteiger partial charge in [0.15, 0.2) is 0 Å². The molecule has 11 heteroatoms. The lowest BCUT2D eigenvalue weighted by molar-refractivity contribution is 0.164. The van der Waals surface area contributed by atoms with Crippen LogP contribution in [0.4, 0.5) is 13.6 Å². The van der Waals surface area contributed by atoms with Crippen molar-refractivity contribution in [2.75, 3.05) is 6.61 Å². The minimum absolute atomic E-state index is 0.0748. The summed E-state index contributed by atoms with van der Waals surface area (Å²) in [4.78, 5) is 22.6. The van der Waals surface area contributed by atoms with Crippen molar-refractivity contribution in [3.63, 3.8) is 0 Å². The maximum Gasteiger partial charge on any atom is 0.404 e. The van der Waals surface area contributed by atoms with Crippen LogP contribution >= 0.6 is 15.9 Å². The average molecular weight is 390 g/mol. The molecule has 0 spiro atoms. The number of nitrogens with zero attached hydrogens (tertiary/aromatic N) is 4. The second kappa shape index (κ2) is 7.13. The van der Waals surface area contributed by atoms with E-state index in [1.807, 2.05) is 0 Å². The second-order valence-corrected chi connectivity index (χ2v) is 5.22. The molecule has 2 rings (SSSR count). The van der Waals surface area contributed by atoms with Crippen molar-refractivity contribution in [3.8, 4) is 5.69 Å². The number of hydrogen-bond acceptors (Lipinski definition) is 5. The number of hydrogen-bond donors (Lipinski definition) is 1. The van der Waals surface area contributed by atoms with E-state index in [1.165, 1.54) is 12.1 Å². The SMILES string of the molecule is NC(=O)OCC(=CF)Cn1nnn(-c2ccc(Br)cc2F)c1=O. The lowest BCUT2D eigenvalue weighted by Gasteiger charge is -2.04. The van der Waals surface area contributed by atoms with Gasteiger partial charge in [0.1, 0.15) is 18.1 Å². The molecule has 2 N–H and O–H groups in total. The third kappa shape index (κ3) is 4.00. The molecule has 0 saturated carbocycles. The predicted octanol–water partition coefficient (Wildman–Crippen LogP) is 1.28. The predicted molar refractivity (Wildman–Crippen MR) is 78.0 cm³/mol. The average Bonchev–Trinajstić information content (AvgIpc) is 2.84. The lowest BCUT2D eigenvalue weighted by atomic mass is 10.3. The van der Waals surface area contributed by atoms with E-state index in [4.69, 9.17) is 5.73 Å². The summed E-state index contributed by atoms with van der Waals surface area (Å²) < 4.78 is 33.0. The van der Waals surface area contributed by atoms with Gasteiger partial charge >= 0.3 is 11.8 Å². The number of amides is 1. The van der Waals surface area contributed by atoms with Crippen LogP contribution in [0.15, 0.2) is 39.4 Å². The Bertz CT molecular complexity index is 817. The first kappa shape index (κ1) is 16.8. The zero-order chi connectivity index (χ0) is 17.0. The highest BCUT2D eigenvalue weighted by Crippen LogP contribution is 2.16. The number of tetrazole rings is 1. The summed E-state index contributed by atoms with van der Waals surface area (Å²) in [6.45, 7) is -0.779. The van der Waals surface area contributed by atoms with Gasteiger partial charge in [-0.05, 0) is 28.6 Å². The molecule has 1 amide bonds. The van der Waals surface area contributed by atoms with Crippen molar-refractivity contribution in [2.45, 2.75) is 6.54 Å². The van der Waals surface area contributed by atoms with Crippen LogP contribution < -0.4 is 11.4 Å². The second-order valence-electron chi connectivity index (χ2n) is 4.30. The number of primary amides is 1. The monoisotopic (exact) mass is 389 g/mol.